The molecule has 1 rings (SSSR count). The molecule has 80 valence electrons. The third-order valence-electron chi connectivity index (χ3n) is 1.60. The van der Waals surface area contributed by atoms with Gasteiger partial charge in [0.2, 0.25) is 0 Å². The highest BCUT2D eigenvalue weighted by molar-refractivity contribution is 9.10. The topological polar surface area (TPSA) is 73.1 Å². The van der Waals surface area contributed by atoms with Gasteiger partial charge in [0.15, 0.2) is 6.29 Å². The molecule has 0 spiro atoms. The SMILES string of the molecule is O=Cc1cnc(Br)c(C(F)F)c1[N+](=O)[O-]. The summed E-state index contributed by atoms with van der Waals surface area (Å²) in [6.45, 7) is 0. The van der Waals surface area contributed by atoms with Gasteiger partial charge < -0.3 is 0 Å². The molecule has 0 bridgehead atoms. The lowest BCUT2D eigenvalue weighted by Gasteiger charge is -2.04. The number of hydrogen-bond acceptors (Lipinski definition) is 4. The van der Waals surface area contributed by atoms with Crippen molar-refractivity contribution in [2.24, 2.45) is 0 Å². The summed E-state index contributed by atoms with van der Waals surface area (Å²) in [7, 11) is 0. The lowest BCUT2D eigenvalue weighted by Crippen LogP contribution is -2.03. The highest BCUT2D eigenvalue weighted by Crippen LogP contribution is 2.35. The Balaban J connectivity index is 3.58. The van der Waals surface area contributed by atoms with Crippen LogP contribution >= 0.6 is 15.9 Å². The van der Waals surface area contributed by atoms with Crippen LogP contribution in [0, 0.1) is 10.1 Å². The van der Waals surface area contributed by atoms with Crippen LogP contribution in [0.3, 0.4) is 0 Å². The highest BCUT2D eigenvalue weighted by atomic mass is 79.9. The summed E-state index contributed by atoms with van der Waals surface area (Å²) in [4.78, 5) is 23.3. The van der Waals surface area contributed by atoms with Crippen LogP contribution in [-0.2, 0) is 0 Å². The monoisotopic (exact) mass is 280 g/mol. The van der Waals surface area contributed by atoms with E-state index >= 15 is 0 Å². The van der Waals surface area contributed by atoms with E-state index in [4.69, 9.17) is 0 Å². The molecule has 0 fully saturated rings. The summed E-state index contributed by atoms with van der Waals surface area (Å²) in [5.41, 5.74) is -2.27. The zero-order valence-electron chi connectivity index (χ0n) is 6.99. The summed E-state index contributed by atoms with van der Waals surface area (Å²) in [6, 6.07) is 0. The van der Waals surface area contributed by atoms with Crippen molar-refractivity contribution in [3.63, 3.8) is 0 Å². The number of carbonyl (C=O) groups excluding carboxylic acids is 1. The molecule has 15 heavy (non-hydrogen) atoms. The Bertz CT molecular complexity index is 425. The Morgan fingerprint density at radius 1 is 1.60 bits per heavy atom. The van der Waals surface area contributed by atoms with Gasteiger partial charge in [0.05, 0.1) is 4.92 Å². The van der Waals surface area contributed by atoms with E-state index in [1.165, 1.54) is 0 Å². The Morgan fingerprint density at radius 2 is 2.20 bits per heavy atom. The van der Waals surface area contributed by atoms with Crippen molar-refractivity contribution in [2.45, 2.75) is 6.43 Å². The number of aromatic nitrogens is 1. The van der Waals surface area contributed by atoms with Gasteiger partial charge in [0.25, 0.3) is 12.1 Å². The predicted octanol–water partition coefficient (Wildman–Crippen LogP) is 2.50. The number of nitro groups is 1. The first-order valence-electron chi connectivity index (χ1n) is 3.55. The average Bonchev–Trinajstić information content (AvgIpc) is 2.16. The summed E-state index contributed by atoms with van der Waals surface area (Å²) < 4.78 is 24.6. The maximum atomic E-state index is 12.5. The van der Waals surface area contributed by atoms with Gasteiger partial charge in [-0.15, -0.1) is 0 Å². The maximum Gasteiger partial charge on any atom is 0.293 e. The fraction of sp³-hybridized carbons (Fsp3) is 0.143. The molecule has 0 saturated carbocycles. The van der Waals surface area contributed by atoms with Crippen molar-refractivity contribution >= 4 is 27.9 Å². The Labute approximate surface area is 90.4 Å². The second kappa shape index (κ2) is 4.39. The quantitative estimate of drug-likeness (QED) is 0.369. The van der Waals surface area contributed by atoms with Crippen LogP contribution in [0.25, 0.3) is 0 Å². The molecule has 1 aromatic rings. The van der Waals surface area contributed by atoms with Crippen molar-refractivity contribution < 1.29 is 18.5 Å². The van der Waals surface area contributed by atoms with E-state index in [1.807, 2.05) is 0 Å². The molecular weight excluding hydrogens is 278 g/mol. The van der Waals surface area contributed by atoms with Gasteiger partial charge >= 0.3 is 0 Å². The normalized spacial score (nSPS) is 10.4. The Morgan fingerprint density at radius 3 is 2.60 bits per heavy atom. The summed E-state index contributed by atoms with van der Waals surface area (Å²) in [5, 5.41) is 10.5. The molecule has 0 amide bonds. The fourth-order valence-electron chi connectivity index (χ4n) is 0.993. The molecule has 0 saturated heterocycles. The molecule has 0 radical (unpaired) electrons. The minimum atomic E-state index is -3.08. The van der Waals surface area contributed by atoms with E-state index in [9.17, 15) is 23.7 Å². The first-order chi connectivity index (χ1) is 6.99. The predicted molar refractivity (Wildman–Crippen MR) is 48.9 cm³/mol. The van der Waals surface area contributed by atoms with E-state index in [0.29, 0.717) is 0 Å². The van der Waals surface area contributed by atoms with Crippen LogP contribution < -0.4 is 0 Å². The molecule has 0 aromatic carbocycles. The van der Waals surface area contributed by atoms with Crippen LogP contribution in [0.4, 0.5) is 14.5 Å². The maximum absolute atomic E-state index is 12.5. The van der Waals surface area contributed by atoms with Crippen LogP contribution in [0.2, 0.25) is 0 Å². The molecule has 0 aliphatic heterocycles. The number of carbonyl (C=O) groups is 1. The van der Waals surface area contributed by atoms with E-state index in [-0.39, 0.29) is 10.9 Å². The lowest BCUT2D eigenvalue weighted by molar-refractivity contribution is -0.386. The third-order valence-corrected chi connectivity index (χ3v) is 2.23. The number of pyridine rings is 1. The number of rotatable bonds is 3. The summed E-state index contributed by atoms with van der Waals surface area (Å²) in [5.74, 6) is 0. The van der Waals surface area contributed by atoms with Crippen LogP contribution in [0.1, 0.15) is 22.3 Å². The molecule has 1 aromatic heterocycles. The second-order valence-electron chi connectivity index (χ2n) is 2.44. The molecule has 0 aliphatic rings. The minimum Gasteiger partial charge on any atom is -0.298 e. The molecule has 0 unspecified atom stereocenters. The molecule has 5 nitrogen and oxygen atoms in total. The fourth-order valence-corrected chi connectivity index (χ4v) is 1.46. The standard InChI is InChI=1S/C7H3BrF2N2O3/c8-6-4(7(9)10)5(12(14)15)3(2-13)1-11-6/h1-2,7H. The molecule has 8 heteroatoms. The zero-order chi connectivity index (χ0) is 11.6. The number of nitrogens with zero attached hydrogens (tertiary/aromatic N) is 2. The van der Waals surface area contributed by atoms with Crippen molar-refractivity contribution in [1.29, 1.82) is 0 Å². The van der Waals surface area contributed by atoms with Gasteiger partial charge in [-0.1, -0.05) is 0 Å². The van der Waals surface area contributed by atoms with Gasteiger partial charge in [-0.2, -0.15) is 0 Å². The minimum absolute atomic E-state index is 0.115. The van der Waals surface area contributed by atoms with E-state index in [0.717, 1.165) is 6.20 Å². The highest BCUT2D eigenvalue weighted by Gasteiger charge is 2.29. The van der Waals surface area contributed by atoms with E-state index in [1.54, 1.807) is 0 Å². The number of aldehydes is 1. The number of hydrogen-bond donors (Lipinski definition) is 0. The Kier molecular flexibility index (Phi) is 3.40. The summed E-state index contributed by atoms with van der Waals surface area (Å²) in [6.07, 6.45) is -2.10. The van der Waals surface area contributed by atoms with Crippen molar-refractivity contribution in [3.05, 3.63) is 32.0 Å². The average molecular weight is 281 g/mol. The van der Waals surface area contributed by atoms with E-state index in [2.05, 4.69) is 20.9 Å². The van der Waals surface area contributed by atoms with Gasteiger partial charge in [-0.3, -0.25) is 14.9 Å². The number of halogens is 3. The van der Waals surface area contributed by atoms with Gasteiger partial charge in [0, 0.05) is 6.20 Å². The Hall–Kier alpha value is -1.44. The lowest BCUT2D eigenvalue weighted by atomic mass is 10.1. The van der Waals surface area contributed by atoms with Crippen LogP contribution in [-0.4, -0.2) is 16.2 Å². The molecule has 0 N–H and O–H groups in total. The largest absolute Gasteiger partial charge is 0.298 e. The van der Waals surface area contributed by atoms with Gasteiger partial charge in [-0.25, -0.2) is 13.8 Å². The third kappa shape index (κ3) is 2.14. The van der Waals surface area contributed by atoms with E-state index < -0.39 is 28.2 Å². The zero-order valence-corrected chi connectivity index (χ0v) is 8.57. The number of alkyl halides is 2. The van der Waals surface area contributed by atoms with Crippen molar-refractivity contribution in [2.75, 3.05) is 0 Å². The molecule has 0 aliphatic carbocycles. The summed E-state index contributed by atoms with van der Waals surface area (Å²) >= 11 is 2.67. The second-order valence-corrected chi connectivity index (χ2v) is 3.19. The van der Waals surface area contributed by atoms with Crippen LogP contribution in [0.15, 0.2) is 10.8 Å². The van der Waals surface area contributed by atoms with Crippen molar-refractivity contribution in [1.82, 2.24) is 4.98 Å². The first-order valence-corrected chi connectivity index (χ1v) is 4.34. The molecule has 0 atom stereocenters. The van der Waals surface area contributed by atoms with Crippen LogP contribution in [0.5, 0.6) is 0 Å². The molecular formula is C7H3BrF2N2O3. The smallest absolute Gasteiger partial charge is 0.293 e. The molecule has 1 heterocycles. The van der Waals surface area contributed by atoms with Gasteiger partial charge in [-0.05, 0) is 15.9 Å². The first kappa shape index (κ1) is 11.6. The van der Waals surface area contributed by atoms with Gasteiger partial charge in [0.1, 0.15) is 15.7 Å². The van der Waals surface area contributed by atoms with Crippen molar-refractivity contribution in [3.8, 4) is 0 Å².